The Kier molecular flexibility index (Phi) is 6.02. The van der Waals surface area contributed by atoms with Crippen molar-refractivity contribution in [3.8, 4) is 11.5 Å². The second kappa shape index (κ2) is 9.25. The predicted molar refractivity (Wildman–Crippen MR) is 120 cm³/mol. The van der Waals surface area contributed by atoms with Gasteiger partial charge in [0.2, 0.25) is 6.79 Å². The van der Waals surface area contributed by atoms with Gasteiger partial charge in [-0.1, -0.05) is 30.3 Å². The largest absolute Gasteiger partial charge is 0.507 e. The molecular formula is C25H26N2O6. The molecule has 1 amide bonds. The maximum atomic E-state index is 13.1. The molecule has 0 aliphatic carbocycles. The van der Waals surface area contributed by atoms with Crippen LogP contribution in [0.2, 0.25) is 0 Å². The first-order chi connectivity index (χ1) is 16.1. The van der Waals surface area contributed by atoms with Crippen molar-refractivity contribution in [1.29, 1.82) is 0 Å². The number of nitrogens with zero attached hydrogens (tertiary/aromatic N) is 2. The summed E-state index contributed by atoms with van der Waals surface area (Å²) in [7, 11) is 0. The van der Waals surface area contributed by atoms with Gasteiger partial charge in [-0.2, -0.15) is 0 Å². The first-order valence-corrected chi connectivity index (χ1v) is 11.2. The van der Waals surface area contributed by atoms with Crippen molar-refractivity contribution >= 4 is 17.4 Å². The van der Waals surface area contributed by atoms with Crippen molar-refractivity contribution < 1.29 is 28.9 Å². The van der Waals surface area contributed by atoms with E-state index in [1.165, 1.54) is 0 Å². The second-order valence-electron chi connectivity index (χ2n) is 8.28. The Morgan fingerprint density at radius 2 is 1.73 bits per heavy atom. The lowest BCUT2D eigenvalue weighted by molar-refractivity contribution is -0.140. The number of benzene rings is 2. The number of likely N-dealkylation sites (tertiary alicyclic amines) is 1. The van der Waals surface area contributed by atoms with E-state index in [0.717, 1.165) is 31.6 Å². The molecule has 0 radical (unpaired) electrons. The molecule has 172 valence electrons. The fraction of sp³-hybridized carbons (Fsp3) is 0.360. The average molecular weight is 450 g/mol. The van der Waals surface area contributed by atoms with Crippen molar-refractivity contribution in [3.63, 3.8) is 0 Å². The molecule has 3 aliphatic rings. The molecule has 1 atom stereocenters. The lowest BCUT2D eigenvalue weighted by atomic mass is 9.95. The molecule has 2 saturated heterocycles. The molecule has 2 aromatic carbocycles. The van der Waals surface area contributed by atoms with Gasteiger partial charge in [-0.25, -0.2) is 0 Å². The Morgan fingerprint density at radius 1 is 0.970 bits per heavy atom. The maximum absolute atomic E-state index is 13.1. The number of ketones is 1. The molecule has 0 saturated carbocycles. The molecule has 5 rings (SSSR count). The molecule has 3 aliphatic heterocycles. The number of fused-ring (bicyclic) bond motifs is 1. The number of aliphatic hydroxyl groups is 1. The molecule has 8 nitrogen and oxygen atoms in total. The fourth-order valence-electron chi connectivity index (χ4n) is 4.58. The van der Waals surface area contributed by atoms with Gasteiger partial charge in [0, 0.05) is 31.7 Å². The van der Waals surface area contributed by atoms with Gasteiger partial charge in [0.15, 0.2) is 11.5 Å². The highest BCUT2D eigenvalue weighted by Crippen LogP contribution is 2.41. The smallest absolute Gasteiger partial charge is 0.295 e. The number of carbonyl (C=O) groups is 2. The van der Waals surface area contributed by atoms with E-state index in [4.69, 9.17) is 14.2 Å². The predicted octanol–water partition coefficient (Wildman–Crippen LogP) is 2.56. The molecule has 1 unspecified atom stereocenters. The van der Waals surface area contributed by atoms with E-state index in [1.807, 2.05) is 30.3 Å². The third-order valence-electron chi connectivity index (χ3n) is 6.28. The van der Waals surface area contributed by atoms with Crippen LogP contribution in [0.4, 0.5) is 0 Å². The highest BCUT2D eigenvalue weighted by molar-refractivity contribution is 6.46. The van der Waals surface area contributed by atoms with Crippen LogP contribution in [0.5, 0.6) is 11.5 Å². The summed E-state index contributed by atoms with van der Waals surface area (Å²) in [4.78, 5) is 30.1. The van der Waals surface area contributed by atoms with Crippen LogP contribution in [-0.4, -0.2) is 72.8 Å². The molecule has 0 aromatic heterocycles. The number of hydrogen-bond donors (Lipinski definition) is 1. The molecular weight excluding hydrogens is 424 g/mol. The first-order valence-electron chi connectivity index (χ1n) is 11.2. The van der Waals surface area contributed by atoms with Gasteiger partial charge in [0.05, 0.1) is 24.8 Å². The van der Waals surface area contributed by atoms with Crippen LogP contribution in [-0.2, 0) is 14.3 Å². The number of hydrogen-bond acceptors (Lipinski definition) is 7. The van der Waals surface area contributed by atoms with Crippen LogP contribution in [0.15, 0.2) is 54.1 Å². The number of morpholine rings is 1. The van der Waals surface area contributed by atoms with Gasteiger partial charge < -0.3 is 24.2 Å². The summed E-state index contributed by atoms with van der Waals surface area (Å²) >= 11 is 0. The molecule has 1 N–H and O–H groups in total. The van der Waals surface area contributed by atoms with Crippen molar-refractivity contribution in [3.05, 3.63) is 65.2 Å². The lowest BCUT2D eigenvalue weighted by Crippen LogP contribution is -2.38. The normalized spacial score (nSPS) is 22.2. The number of rotatable bonds is 6. The topological polar surface area (TPSA) is 88.5 Å². The lowest BCUT2D eigenvalue weighted by Gasteiger charge is -2.29. The molecule has 33 heavy (non-hydrogen) atoms. The zero-order chi connectivity index (χ0) is 22.8. The van der Waals surface area contributed by atoms with E-state index in [-0.39, 0.29) is 18.1 Å². The molecule has 8 heteroatoms. The first kappa shape index (κ1) is 21.5. The molecule has 2 fully saturated rings. The second-order valence-corrected chi connectivity index (χ2v) is 8.28. The molecule has 0 spiro atoms. The SMILES string of the molecule is O=C1C(=O)N(CCCN2CCOCC2)C(c2ccccc2)/C1=C(/O)c1ccc2c(c1)OCO2. The Labute approximate surface area is 192 Å². The summed E-state index contributed by atoms with van der Waals surface area (Å²) in [6.45, 7) is 4.50. The van der Waals surface area contributed by atoms with Gasteiger partial charge in [-0.3, -0.25) is 14.5 Å². The summed E-state index contributed by atoms with van der Waals surface area (Å²) in [5.41, 5.74) is 1.29. The van der Waals surface area contributed by atoms with Crippen LogP contribution in [0.3, 0.4) is 0 Å². The van der Waals surface area contributed by atoms with Crippen LogP contribution >= 0.6 is 0 Å². The van der Waals surface area contributed by atoms with E-state index in [9.17, 15) is 14.7 Å². The number of aliphatic hydroxyl groups excluding tert-OH is 1. The van der Waals surface area contributed by atoms with Crippen LogP contribution in [0.25, 0.3) is 5.76 Å². The fourth-order valence-corrected chi connectivity index (χ4v) is 4.58. The van der Waals surface area contributed by atoms with Crippen LogP contribution in [0, 0.1) is 0 Å². The Hall–Kier alpha value is -3.36. The van der Waals surface area contributed by atoms with Crippen molar-refractivity contribution in [2.24, 2.45) is 0 Å². The number of ether oxygens (including phenoxy) is 3. The van der Waals surface area contributed by atoms with E-state index in [1.54, 1.807) is 23.1 Å². The average Bonchev–Trinajstić information content (AvgIpc) is 3.42. The maximum Gasteiger partial charge on any atom is 0.295 e. The number of carbonyl (C=O) groups excluding carboxylic acids is 2. The van der Waals surface area contributed by atoms with Gasteiger partial charge in [0.1, 0.15) is 5.76 Å². The van der Waals surface area contributed by atoms with Crippen molar-refractivity contribution in [2.45, 2.75) is 12.5 Å². The van der Waals surface area contributed by atoms with E-state index < -0.39 is 17.7 Å². The zero-order valence-corrected chi connectivity index (χ0v) is 18.2. The Bertz CT molecular complexity index is 1080. The highest BCUT2D eigenvalue weighted by atomic mass is 16.7. The van der Waals surface area contributed by atoms with E-state index in [2.05, 4.69) is 4.90 Å². The monoisotopic (exact) mass is 450 g/mol. The Morgan fingerprint density at radius 3 is 2.52 bits per heavy atom. The molecule has 2 aromatic rings. The van der Waals surface area contributed by atoms with Gasteiger partial charge >= 0.3 is 0 Å². The van der Waals surface area contributed by atoms with Crippen molar-refractivity contribution in [1.82, 2.24) is 9.80 Å². The number of Topliss-reactive ketones (excluding diaryl/α,β-unsaturated/α-hetero) is 1. The third kappa shape index (κ3) is 4.19. The minimum absolute atomic E-state index is 0.0939. The summed E-state index contributed by atoms with van der Waals surface area (Å²) in [6, 6.07) is 13.7. The zero-order valence-electron chi connectivity index (χ0n) is 18.2. The van der Waals surface area contributed by atoms with E-state index in [0.29, 0.717) is 36.8 Å². The van der Waals surface area contributed by atoms with Crippen LogP contribution < -0.4 is 9.47 Å². The van der Waals surface area contributed by atoms with E-state index >= 15 is 0 Å². The van der Waals surface area contributed by atoms with Gasteiger partial charge in [-0.05, 0) is 30.2 Å². The quantitative estimate of drug-likeness (QED) is 0.411. The molecule has 3 heterocycles. The molecule has 0 bridgehead atoms. The number of amides is 1. The summed E-state index contributed by atoms with van der Waals surface area (Å²) in [6.07, 6.45) is 0.723. The third-order valence-corrected chi connectivity index (χ3v) is 6.28. The highest BCUT2D eigenvalue weighted by Gasteiger charge is 2.45. The van der Waals surface area contributed by atoms with Crippen molar-refractivity contribution in [2.75, 3.05) is 46.2 Å². The Balaban J connectivity index is 1.46. The minimum Gasteiger partial charge on any atom is -0.507 e. The summed E-state index contributed by atoms with van der Waals surface area (Å²) in [5.74, 6) is -0.403. The summed E-state index contributed by atoms with van der Waals surface area (Å²) in [5, 5.41) is 11.2. The summed E-state index contributed by atoms with van der Waals surface area (Å²) < 4.78 is 16.1. The minimum atomic E-state index is -0.676. The van der Waals surface area contributed by atoms with Gasteiger partial charge in [-0.15, -0.1) is 0 Å². The van der Waals surface area contributed by atoms with Gasteiger partial charge in [0.25, 0.3) is 11.7 Å². The van der Waals surface area contributed by atoms with Crippen LogP contribution in [0.1, 0.15) is 23.6 Å². The standard InChI is InChI=1S/C25H26N2O6/c28-23(18-7-8-19-20(15-18)33-16-32-19)21-22(17-5-2-1-3-6-17)27(25(30)24(21)29)10-4-9-26-11-13-31-14-12-26/h1-3,5-8,15,22,28H,4,9-14,16H2/b23-21-.